The van der Waals surface area contributed by atoms with Crippen molar-refractivity contribution >= 4 is 50.7 Å². The van der Waals surface area contributed by atoms with Gasteiger partial charge in [0.1, 0.15) is 10.7 Å². The number of pyridine rings is 1. The SMILES string of the molecule is CCN(CC)C(=O)Cc1cccc(Nc2ncc(C(=O)Nc3c(C)ccc4[nH]ncc34)s2)n1. The standard InChI is InChI=1S/C23H25N7O2S/c1-4-30(5-2)20(31)11-15-7-6-8-19(26-15)27-23-24-13-18(33-23)22(32)28-21-14(3)9-10-17-16(21)12-25-29-17/h6-10,12-13H,4-5,11H2,1-3H3,(H,25,29)(H,28,32)(H,24,26,27). The number of hydrogen-bond donors (Lipinski definition) is 3. The lowest BCUT2D eigenvalue weighted by Crippen LogP contribution is -2.32. The summed E-state index contributed by atoms with van der Waals surface area (Å²) in [5.41, 5.74) is 3.20. The Balaban J connectivity index is 1.45. The number of hydrogen-bond acceptors (Lipinski definition) is 7. The molecule has 0 radical (unpaired) electrons. The first-order valence-corrected chi connectivity index (χ1v) is 11.5. The van der Waals surface area contributed by atoms with Crippen LogP contribution in [0.2, 0.25) is 0 Å². The molecule has 1 aromatic carbocycles. The summed E-state index contributed by atoms with van der Waals surface area (Å²) in [6.45, 7) is 7.20. The largest absolute Gasteiger partial charge is 0.343 e. The number of likely N-dealkylation sites (N-methyl/N-ethyl adjacent to an activating group) is 1. The highest BCUT2D eigenvalue weighted by molar-refractivity contribution is 7.17. The molecule has 9 nitrogen and oxygen atoms in total. The van der Waals surface area contributed by atoms with Crippen molar-refractivity contribution in [3.05, 3.63) is 58.9 Å². The first-order chi connectivity index (χ1) is 16.0. The Morgan fingerprint density at radius 2 is 1.94 bits per heavy atom. The summed E-state index contributed by atoms with van der Waals surface area (Å²) in [4.78, 5) is 36.3. The summed E-state index contributed by atoms with van der Waals surface area (Å²) in [5.74, 6) is 0.366. The molecule has 2 amide bonds. The minimum atomic E-state index is -0.246. The lowest BCUT2D eigenvalue weighted by molar-refractivity contribution is -0.130. The van der Waals surface area contributed by atoms with Crippen LogP contribution in [-0.2, 0) is 11.2 Å². The quantitative estimate of drug-likeness (QED) is 0.362. The van der Waals surface area contributed by atoms with Crippen molar-refractivity contribution in [2.45, 2.75) is 27.2 Å². The summed E-state index contributed by atoms with van der Waals surface area (Å²) in [7, 11) is 0. The van der Waals surface area contributed by atoms with E-state index < -0.39 is 0 Å². The minimum Gasteiger partial charge on any atom is -0.343 e. The maximum absolute atomic E-state index is 12.8. The van der Waals surface area contributed by atoms with Gasteiger partial charge in [0, 0.05) is 18.5 Å². The van der Waals surface area contributed by atoms with Crippen LogP contribution in [0.4, 0.5) is 16.6 Å². The molecule has 0 unspecified atom stereocenters. The van der Waals surface area contributed by atoms with Gasteiger partial charge >= 0.3 is 0 Å². The van der Waals surface area contributed by atoms with Crippen molar-refractivity contribution in [2.24, 2.45) is 0 Å². The maximum Gasteiger partial charge on any atom is 0.267 e. The number of anilines is 3. The molecule has 3 N–H and O–H groups in total. The number of carbonyl (C=O) groups excluding carboxylic acids is 2. The third-order valence-corrected chi connectivity index (χ3v) is 6.20. The van der Waals surface area contributed by atoms with Crippen molar-refractivity contribution in [1.82, 2.24) is 25.1 Å². The van der Waals surface area contributed by atoms with E-state index in [1.165, 1.54) is 17.5 Å². The van der Waals surface area contributed by atoms with Gasteiger partial charge in [-0.05, 0) is 44.5 Å². The van der Waals surface area contributed by atoms with Crippen LogP contribution in [-0.4, -0.2) is 50.0 Å². The van der Waals surface area contributed by atoms with Crippen molar-refractivity contribution in [1.29, 1.82) is 0 Å². The van der Waals surface area contributed by atoms with Gasteiger partial charge in [0.15, 0.2) is 5.13 Å². The van der Waals surface area contributed by atoms with Crippen LogP contribution in [0.25, 0.3) is 10.9 Å². The number of carbonyl (C=O) groups is 2. The summed E-state index contributed by atoms with van der Waals surface area (Å²) in [6, 6.07) is 9.33. The average Bonchev–Trinajstić information content (AvgIpc) is 3.46. The topological polar surface area (TPSA) is 116 Å². The number of benzene rings is 1. The Morgan fingerprint density at radius 1 is 1.12 bits per heavy atom. The Hall–Kier alpha value is -3.79. The lowest BCUT2D eigenvalue weighted by Gasteiger charge is -2.18. The van der Waals surface area contributed by atoms with Gasteiger partial charge in [-0.3, -0.25) is 14.7 Å². The molecule has 0 fully saturated rings. The molecule has 10 heteroatoms. The monoisotopic (exact) mass is 463 g/mol. The van der Waals surface area contributed by atoms with Gasteiger partial charge in [0.2, 0.25) is 5.91 Å². The van der Waals surface area contributed by atoms with Crippen LogP contribution in [0.3, 0.4) is 0 Å². The second kappa shape index (κ2) is 9.78. The van der Waals surface area contributed by atoms with Gasteiger partial charge in [-0.25, -0.2) is 9.97 Å². The molecule has 4 aromatic rings. The van der Waals surface area contributed by atoms with E-state index in [4.69, 9.17) is 0 Å². The van der Waals surface area contributed by atoms with Crippen molar-refractivity contribution in [3.63, 3.8) is 0 Å². The molecule has 3 heterocycles. The number of fused-ring (bicyclic) bond motifs is 1. The van der Waals surface area contributed by atoms with Gasteiger partial charge < -0.3 is 15.5 Å². The van der Waals surface area contributed by atoms with E-state index in [2.05, 4.69) is 30.8 Å². The molecule has 0 aliphatic carbocycles. The number of H-pyrrole nitrogens is 1. The zero-order chi connectivity index (χ0) is 23.4. The van der Waals surface area contributed by atoms with Crippen LogP contribution in [0.15, 0.2) is 42.7 Å². The summed E-state index contributed by atoms with van der Waals surface area (Å²) in [5, 5.41) is 14.5. The lowest BCUT2D eigenvalue weighted by atomic mass is 10.1. The molecule has 0 spiro atoms. The highest BCUT2D eigenvalue weighted by Gasteiger charge is 2.16. The zero-order valence-electron chi connectivity index (χ0n) is 18.7. The molecule has 0 saturated carbocycles. The molecular formula is C23H25N7O2S. The fourth-order valence-corrected chi connectivity index (χ4v) is 4.22. The number of aromatic nitrogens is 4. The fourth-order valence-electron chi connectivity index (χ4n) is 3.50. The molecule has 3 aromatic heterocycles. The number of aromatic amines is 1. The van der Waals surface area contributed by atoms with Gasteiger partial charge in [-0.1, -0.05) is 23.5 Å². The number of nitrogens with one attached hydrogen (secondary N) is 3. The van der Waals surface area contributed by atoms with Gasteiger partial charge in [-0.15, -0.1) is 0 Å². The van der Waals surface area contributed by atoms with Crippen LogP contribution < -0.4 is 10.6 Å². The molecule has 0 aliphatic rings. The number of nitrogens with zero attached hydrogens (tertiary/aromatic N) is 4. The van der Waals surface area contributed by atoms with E-state index in [1.807, 2.05) is 45.0 Å². The predicted molar refractivity (Wildman–Crippen MR) is 130 cm³/mol. The number of aryl methyl sites for hydroxylation is 1. The van der Waals surface area contributed by atoms with Gasteiger partial charge in [-0.2, -0.15) is 5.10 Å². The van der Waals surface area contributed by atoms with Crippen LogP contribution in [0.5, 0.6) is 0 Å². The Bertz CT molecular complexity index is 1290. The van der Waals surface area contributed by atoms with Crippen LogP contribution in [0, 0.1) is 6.92 Å². The Morgan fingerprint density at radius 3 is 2.73 bits per heavy atom. The predicted octanol–water partition coefficient (Wildman–Crippen LogP) is 4.13. The van der Waals surface area contributed by atoms with E-state index >= 15 is 0 Å². The van der Waals surface area contributed by atoms with E-state index in [1.54, 1.807) is 17.2 Å². The average molecular weight is 464 g/mol. The molecule has 170 valence electrons. The molecule has 4 rings (SSSR count). The fraction of sp³-hybridized carbons (Fsp3) is 0.261. The molecule has 0 saturated heterocycles. The highest BCUT2D eigenvalue weighted by Crippen LogP contribution is 2.28. The zero-order valence-corrected chi connectivity index (χ0v) is 19.5. The minimum absolute atomic E-state index is 0.0424. The van der Waals surface area contributed by atoms with E-state index in [0.29, 0.717) is 34.6 Å². The Kier molecular flexibility index (Phi) is 6.64. The van der Waals surface area contributed by atoms with E-state index in [-0.39, 0.29) is 18.2 Å². The Labute approximate surface area is 195 Å². The van der Waals surface area contributed by atoms with Crippen molar-refractivity contribution < 1.29 is 9.59 Å². The van der Waals surface area contributed by atoms with E-state index in [9.17, 15) is 9.59 Å². The van der Waals surface area contributed by atoms with Crippen molar-refractivity contribution in [2.75, 3.05) is 23.7 Å². The number of thiazole rings is 1. The number of amides is 2. The maximum atomic E-state index is 12.8. The summed E-state index contributed by atoms with van der Waals surface area (Å²) < 4.78 is 0. The second-order valence-corrected chi connectivity index (χ2v) is 8.49. The third kappa shape index (κ3) is 5.01. The van der Waals surface area contributed by atoms with E-state index in [0.717, 1.165) is 22.2 Å². The highest BCUT2D eigenvalue weighted by atomic mass is 32.1. The first-order valence-electron chi connectivity index (χ1n) is 10.7. The normalized spacial score (nSPS) is 10.9. The van der Waals surface area contributed by atoms with Crippen LogP contribution >= 0.6 is 11.3 Å². The molecule has 33 heavy (non-hydrogen) atoms. The molecule has 0 aliphatic heterocycles. The number of rotatable bonds is 8. The second-order valence-electron chi connectivity index (χ2n) is 7.45. The third-order valence-electron chi connectivity index (χ3n) is 5.29. The smallest absolute Gasteiger partial charge is 0.267 e. The van der Waals surface area contributed by atoms with Crippen LogP contribution in [0.1, 0.15) is 34.8 Å². The molecule has 0 bridgehead atoms. The van der Waals surface area contributed by atoms with Gasteiger partial charge in [0.25, 0.3) is 5.91 Å². The molecule has 0 atom stereocenters. The molecular weight excluding hydrogens is 438 g/mol. The summed E-state index contributed by atoms with van der Waals surface area (Å²) >= 11 is 1.23. The summed E-state index contributed by atoms with van der Waals surface area (Å²) in [6.07, 6.45) is 3.46. The first kappa shape index (κ1) is 22.4. The van der Waals surface area contributed by atoms with Crippen molar-refractivity contribution in [3.8, 4) is 0 Å². The van der Waals surface area contributed by atoms with Gasteiger partial charge in [0.05, 0.1) is 35.7 Å².